The molecule has 2 aromatic carbocycles. The lowest BCUT2D eigenvalue weighted by Gasteiger charge is -2.20. The first kappa shape index (κ1) is 23.7. The maximum atomic E-state index is 13.1. The normalized spacial score (nSPS) is 14.9. The van der Waals surface area contributed by atoms with Crippen LogP contribution >= 0.6 is 0 Å². The highest BCUT2D eigenvalue weighted by atomic mass is 32.2. The largest absolute Gasteiger partial charge is 0.496 e. The molecule has 0 aromatic heterocycles. The third-order valence-electron chi connectivity index (χ3n) is 5.15. The molecule has 0 aliphatic carbocycles. The van der Waals surface area contributed by atoms with Gasteiger partial charge in [-0.2, -0.15) is 4.31 Å². The van der Waals surface area contributed by atoms with E-state index in [2.05, 4.69) is 0 Å². The molecule has 0 amide bonds. The van der Waals surface area contributed by atoms with Gasteiger partial charge >= 0.3 is 11.9 Å². The molecule has 1 aliphatic heterocycles. The van der Waals surface area contributed by atoms with E-state index < -0.39 is 22.0 Å². The number of hydrogen-bond acceptors (Lipinski definition) is 7. The third kappa shape index (κ3) is 5.86. The Kier molecular flexibility index (Phi) is 8.24. The van der Waals surface area contributed by atoms with Crippen LogP contribution in [-0.2, 0) is 19.5 Å². The second kappa shape index (κ2) is 11.1. The maximum absolute atomic E-state index is 13.1. The summed E-state index contributed by atoms with van der Waals surface area (Å²) in [4.78, 5) is 24.6. The van der Waals surface area contributed by atoms with Crippen LogP contribution < -0.4 is 4.74 Å². The SMILES string of the molecule is COc1ccc(S(=O)(=O)N2CCCCCC2)cc1C(=O)OCCOC(=O)c1ccccc1. The Hall–Kier alpha value is -2.91. The van der Waals surface area contributed by atoms with Crippen molar-refractivity contribution < 1.29 is 32.2 Å². The minimum Gasteiger partial charge on any atom is -0.496 e. The Bertz CT molecular complexity index is 1030. The molecule has 0 radical (unpaired) electrons. The zero-order valence-corrected chi connectivity index (χ0v) is 18.8. The van der Waals surface area contributed by atoms with Crippen molar-refractivity contribution in [2.24, 2.45) is 0 Å². The number of benzene rings is 2. The van der Waals surface area contributed by atoms with Gasteiger partial charge in [0.15, 0.2) is 0 Å². The zero-order chi connectivity index (χ0) is 23.0. The van der Waals surface area contributed by atoms with Gasteiger partial charge in [-0.3, -0.25) is 0 Å². The smallest absolute Gasteiger partial charge is 0.342 e. The molecular formula is C23H27NO7S. The molecule has 0 unspecified atom stereocenters. The molecule has 0 saturated carbocycles. The average molecular weight is 462 g/mol. The third-order valence-corrected chi connectivity index (χ3v) is 7.05. The van der Waals surface area contributed by atoms with Gasteiger partial charge in [-0.25, -0.2) is 18.0 Å². The summed E-state index contributed by atoms with van der Waals surface area (Å²) in [5.74, 6) is -1.08. The Labute approximate surface area is 188 Å². The van der Waals surface area contributed by atoms with E-state index in [1.165, 1.54) is 29.6 Å². The van der Waals surface area contributed by atoms with Crippen molar-refractivity contribution in [3.63, 3.8) is 0 Å². The Balaban J connectivity index is 1.65. The molecule has 1 saturated heterocycles. The summed E-state index contributed by atoms with van der Waals surface area (Å²) >= 11 is 0. The van der Waals surface area contributed by atoms with Crippen LogP contribution in [0, 0.1) is 0 Å². The van der Waals surface area contributed by atoms with Gasteiger partial charge in [-0.05, 0) is 43.2 Å². The van der Waals surface area contributed by atoms with Crippen LogP contribution in [0.5, 0.6) is 5.75 Å². The number of carbonyl (C=O) groups excluding carboxylic acids is 2. The molecule has 0 N–H and O–H groups in total. The fourth-order valence-electron chi connectivity index (χ4n) is 3.44. The minimum atomic E-state index is -3.73. The highest BCUT2D eigenvalue weighted by Gasteiger charge is 2.27. The molecule has 172 valence electrons. The lowest BCUT2D eigenvalue weighted by Crippen LogP contribution is -2.32. The summed E-state index contributed by atoms with van der Waals surface area (Å²) in [7, 11) is -2.35. The van der Waals surface area contributed by atoms with Gasteiger partial charge in [-0.15, -0.1) is 0 Å². The van der Waals surface area contributed by atoms with E-state index in [1.807, 2.05) is 0 Å². The Morgan fingerprint density at radius 3 is 2.12 bits per heavy atom. The summed E-state index contributed by atoms with van der Waals surface area (Å²) in [6, 6.07) is 12.6. The number of hydrogen-bond donors (Lipinski definition) is 0. The lowest BCUT2D eigenvalue weighted by molar-refractivity contribution is 0.0263. The highest BCUT2D eigenvalue weighted by molar-refractivity contribution is 7.89. The van der Waals surface area contributed by atoms with Crippen LogP contribution in [0.1, 0.15) is 46.4 Å². The molecule has 0 spiro atoms. The fourth-order valence-corrected chi connectivity index (χ4v) is 4.99. The molecule has 9 heteroatoms. The summed E-state index contributed by atoms with van der Waals surface area (Å²) in [6.45, 7) is 0.610. The molecular weight excluding hydrogens is 434 g/mol. The van der Waals surface area contributed by atoms with Crippen molar-refractivity contribution in [1.29, 1.82) is 0 Å². The van der Waals surface area contributed by atoms with Crippen LogP contribution in [0.15, 0.2) is 53.4 Å². The van der Waals surface area contributed by atoms with Gasteiger partial charge in [0.2, 0.25) is 10.0 Å². The van der Waals surface area contributed by atoms with Gasteiger partial charge in [-0.1, -0.05) is 31.0 Å². The number of ether oxygens (including phenoxy) is 3. The van der Waals surface area contributed by atoms with Crippen LogP contribution in [-0.4, -0.2) is 58.1 Å². The van der Waals surface area contributed by atoms with Crippen molar-refractivity contribution in [3.05, 3.63) is 59.7 Å². The summed E-state index contributed by atoms with van der Waals surface area (Å²) < 4.78 is 43.1. The minimum absolute atomic E-state index is 0.00205. The predicted octanol–water partition coefficient (Wildman–Crippen LogP) is 3.27. The first-order valence-electron chi connectivity index (χ1n) is 10.5. The maximum Gasteiger partial charge on any atom is 0.342 e. The molecule has 3 rings (SSSR count). The number of methoxy groups -OCH3 is 1. The van der Waals surface area contributed by atoms with Gasteiger partial charge in [0, 0.05) is 13.1 Å². The number of rotatable bonds is 8. The average Bonchev–Trinajstić information content (AvgIpc) is 3.12. The molecule has 1 aliphatic rings. The fraction of sp³-hybridized carbons (Fsp3) is 0.391. The molecule has 8 nitrogen and oxygen atoms in total. The van der Waals surface area contributed by atoms with Crippen LogP contribution in [0.25, 0.3) is 0 Å². The van der Waals surface area contributed by atoms with E-state index in [0.29, 0.717) is 18.7 Å². The quantitative estimate of drug-likeness (QED) is 0.439. The van der Waals surface area contributed by atoms with E-state index in [1.54, 1.807) is 30.3 Å². The van der Waals surface area contributed by atoms with E-state index in [-0.39, 0.29) is 29.4 Å². The number of esters is 2. The molecule has 32 heavy (non-hydrogen) atoms. The predicted molar refractivity (Wildman–Crippen MR) is 117 cm³/mol. The number of nitrogens with zero attached hydrogens (tertiary/aromatic N) is 1. The molecule has 2 aromatic rings. The summed E-state index contributed by atoms with van der Waals surface area (Å²) in [6.07, 6.45) is 3.63. The first-order valence-corrected chi connectivity index (χ1v) is 11.9. The van der Waals surface area contributed by atoms with Gasteiger partial charge in [0.25, 0.3) is 0 Å². The van der Waals surface area contributed by atoms with Crippen molar-refractivity contribution in [2.75, 3.05) is 33.4 Å². The van der Waals surface area contributed by atoms with Crippen LogP contribution in [0.3, 0.4) is 0 Å². The van der Waals surface area contributed by atoms with E-state index in [9.17, 15) is 18.0 Å². The number of carbonyl (C=O) groups is 2. The zero-order valence-electron chi connectivity index (χ0n) is 18.0. The van der Waals surface area contributed by atoms with Crippen LogP contribution in [0.2, 0.25) is 0 Å². The van der Waals surface area contributed by atoms with Crippen LogP contribution in [0.4, 0.5) is 0 Å². The second-order valence-electron chi connectivity index (χ2n) is 7.32. The van der Waals surface area contributed by atoms with Gasteiger partial charge in [0.05, 0.1) is 17.6 Å². The van der Waals surface area contributed by atoms with Crippen molar-refractivity contribution in [3.8, 4) is 5.75 Å². The molecule has 0 bridgehead atoms. The summed E-state index contributed by atoms with van der Waals surface area (Å²) in [5.41, 5.74) is 0.393. The highest BCUT2D eigenvalue weighted by Crippen LogP contribution is 2.26. The number of sulfonamides is 1. The van der Waals surface area contributed by atoms with Gasteiger partial charge in [0.1, 0.15) is 24.5 Å². The van der Waals surface area contributed by atoms with E-state index >= 15 is 0 Å². The Morgan fingerprint density at radius 1 is 0.875 bits per heavy atom. The van der Waals surface area contributed by atoms with E-state index in [0.717, 1.165) is 25.7 Å². The lowest BCUT2D eigenvalue weighted by atomic mass is 10.2. The molecule has 1 heterocycles. The standard InChI is InChI=1S/C23H27NO7S/c1-29-21-12-11-19(32(27,28)24-13-7-2-3-8-14-24)17-20(21)23(26)31-16-15-30-22(25)18-9-5-4-6-10-18/h4-6,9-12,17H,2-3,7-8,13-16H2,1H3. The van der Waals surface area contributed by atoms with Crippen molar-refractivity contribution >= 4 is 22.0 Å². The van der Waals surface area contributed by atoms with Crippen molar-refractivity contribution in [2.45, 2.75) is 30.6 Å². The second-order valence-corrected chi connectivity index (χ2v) is 9.26. The van der Waals surface area contributed by atoms with E-state index in [4.69, 9.17) is 14.2 Å². The molecule has 0 atom stereocenters. The van der Waals surface area contributed by atoms with Gasteiger partial charge < -0.3 is 14.2 Å². The summed E-state index contributed by atoms with van der Waals surface area (Å²) in [5, 5.41) is 0. The topological polar surface area (TPSA) is 99.2 Å². The monoisotopic (exact) mass is 461 g/mol. The molecule has 1 fully saturated rings. The first-order chi connectivity index (χ1) is 15.4. The van der Waals surface area contributed by atoms with Crippen molar-refractivity contribution in [1.82, 2.24) is 4.31 Å². The Morgan fingerprint density at radius 2 is 1.50 bits per heavy atom.